The Balaban J connectivity index is 2.37. The Morgan fingerprint density at radius 2 is 1.62 bits per heavy atom. The van der Waals surface area contributed by atoms with Gasteiger partial charge in [0.25, 0.3) is 0 Å². The Morgan fingerprint density at radius 3 is 2.19 bits per heavy atom. The number of hydrogen-bond donors (Lipinski definition) is 1. The average Bonchev–Trinajstić information content (AvgIpc) is 2.75. The maximum Gasteiger partial charge on any atom is 0.244 e. The molecule has 0 aliphatic rings. The van der Waals surface area contributed by atoms with Crippen LogP contribution in [0.25, 0.3) is 0 Å². The summed E-state index contributed by atoms with van der Waals surface area (Å²) in [7, 11) is -3.97. The lowest BCUT2D eigenvalue weighted by Crippen LogP contribution is -2.52. The summed E-state index contributed by atoms with van der Waals surface area (Å²) in [5, 5.41) is 2.85. The topological polar surface area (TPSA) is 86.8 Å². The molecule has 0 unspecified atom stereocenters. The van der Waals surface area contributed by atoms with Crippen LogP contribution in [0.15, 0.2) is 54.6 Å². The molecule has 2 rings (SSSR count). The molecule has 0 aromatic heterocycles. The van der Waals surface area contributed by atoms with Gasteiger partial charge >= 0.3 is 0 Å². The van der Waals surface area contributed by atoms with Crippen LogP contribution < -0.4 is 9.62 Å². The first kappa shape index (κ1) is 25.3. The molecule has 2 atom stereocenters. The second-order valence-electron chi connectivity index (χ2n) is 7.72. The molecule has 0 bridgehead atoms. The van der Waals surface area contributed by atoms with Crippen LogP contribution in [0.5, 0.6) is 0 Å². The molecule has 9 heteroatoms. The first-order chi connectivity index (χ1) is 15.0. The minimum atomic E-state index is -3.97. The Labute approximate surface area is 189 Å². The maximum atomic E-state index is 14.3. The number of para-hydroxylation sites is 1. The van der Waals surface area contributed by atoms with Crippen LogP contribution in [0.2, 0.25) is 0 Å². The second-order valence-corrected chi connectivity index (χ2v) is 9.63. The molecule has 0 radical (unpaired) electrons. The van der Waals surface area contributed by atoms with Crippen LogP contribution in [0, 0.1) is 5.82 Å². The molecule has 174 valence electrons. The van der Waals surface area contributed by atoms with Crippen molar-refractivity contribution in [2.75, 3.05) is 17.1 Å². The lowest BCUT2D eigenvalue weighted by molar-refractivity contribution is -0.139. The molecule has 32 heavy (non-hydrogen) atoms. The number of amides is 2. The summed E-state index contributed by atoms with van der Waals surface area (Å²) in [6.45, 7) is 4.85. The van der Waals surface area contributed by atoms with Gasteiger partial charge in [-0.1, -0.05) is 49.4 Å². The van der Waals surface area contributed by atoms with E-state index in [9.17, 15) is 22.4 Å². The summed E-state index contributed by atoms with van der Waals surface area (Å²) in [6, 6.07) is 13.5. The molecule has 2 aromatic carbocycles. The zero-order chi connectivity index (χ0) is 23.9. The number of anilines is 1. The van der Waals surface area contributed by atoms with E-state index in [1.54, 1.807) is 6.92 Å². The molecule has 1 N–H and O–H groups in total. The second kappa shape index (κ2) is 11.1. The number of benzene rings is 2. The van der Waals surface area contributed by atoms with Crippen LogP contribution in [-0.4, -0.2) is 50.0 Å². The Hall–Kier alpha value is -2.94. The molecule has 0 spiro atoms. The molecule has 0 aliphatic carbocycles. The molecule has 0 fully saturated rings. The summed E-state index contributed by atoms with van der Waals surface area (Å²) >= 11 is 0. The van der Waals surface area contributed by atoms with Gasteiger partial charge in [0.15, 0.2) is 0 Å². The largest absolute Gasteiger partial charge is 0.352 e. The van der Waals surface area contributed by atoms with Crippen molar-refractivity contribution in [2.24, 2.45) is 0 Å². The highest BCUT2D eigenvalue weighted by molar-refractivity contribution is 7.92. The van der Waals surface area contributed by atoms with Gasteiger partial charge in [-0.15, -0.1) is 0 Å². The fourth-order valence-electron chi connectivity index (χ4n) is 3.08. The molecule has 7 nitrogen and oxygen atoms in total. The van der Waals surface area contributed by atoms with Crippen molar-refractivity contribution < 1.29 is 22.4 Å². The van der Waals surface area contributed by atoms with Gasteiger partial charge in [0.1, 0.15) is 18.4 Å². The van der Waals surface area contributed by atoms with Crippen LogP contribution >= 0.6 is 0 Å². The van der Waals surface area contributed by atoms with Gasteiger partial charge in [0.05, 0.1) is 11.9 Å². The van der Waals surface area contributed by atoms with E-state index in [2.05, 4.69) is 5.32 Å². The third-order valence-corrected chi connectivity index (χ3v) is 6.29. The van der Waals surface area contributed by atoms with Crippen molar-refractivity contribution in [1.29, 1.82) is 0 Å². The number of rotatable bonds is 10. The molecule has 0 saturated carbocycles. The minimum absolute atomic E-state index is 0.0791. The zero-order valence-electron chi connectivity index (χ0n) is 18.8. The summed E-state index contributed by atoms with van der Waals surface area (Å²) < 4.78 is 39.9. The molecular formula is C23H30FN3O4S. The third kappa shape index (κ3) is 6.78. The molecular weight excluding hydrogens is 433 g/mol. The molecule has 0 heterocycles. The van der Waals surface area contributed by atoms with Gasteiger partial charge in [-0.3, -0.25) is 13.9 Å². The van der Waals surface area contributed by atoms with Gasteiger partial charge in [-0.05, 0) is 38.0 Å². The third-order valence-electron chi connectivity index (χ3n) is 5.16. The number of sulfonamides is 1. The van der Waals surface area contributed by atoms with Crippen LogP contribution in [0.4, 0.5) is 10.1 Å². The fraction of sp³-hybridized carbons (Fsp3) is 0.391. The number of carbonyl (C=O) groups is 2. The number of carbonyl (C=O) groups excluding carboxylic acids is 2. The van der Waals surface area contributed by atoms with Gasteiger partial charge in [-0.2, -0.15) is 0 Å². The van der Waals surface area contributed by atoms with E-state index in [0.29, 0.717) is 0 Å². The van der Waals surface area contributed by atoms with E-state index in [1.807, 2.05) is 44.2 Å². The standard InChI is InChI=1S/C23H30FN3O4S/c1-5-17(2)25-23(29)18(3)26(15-19-11-7-6-8-12-19)22(28)16-27(32(4,30)31)21-14-10-9-13-20(21)24/h6-14,17-18H,5,15-16H2,1-4H3,(H,25,29)/t17-,18+/m1/s1. The predicted molar refractivity (Wildman–Crippen MR) is 123 cm³/mol. The quantitative estimate of drug-likeness (QED) is 0.587. The SMILES string of the molecule is CC[C@@H](C)NC(=O)[C@H](C)N(Cc1ccccc1)C(=O)CN(c1ccccc1F)S(C)(=O)=O. The van der Waals surface area contributed by atoms with Crippen molar-refractivity contribution in [1.82, 2.24) is 10.2 Å². The van der Waals surface area contributed by atoms with E-state index >= 15 is 0 Å². The smallest absolute Gasteiger partial charge is 0.244 e. The predicted octanol–water partition coefficient (Wildman–Crippen LogP) is 2.92. The van der Waals surface area contributed by atoms with E-state index in [0.717, 1.165) is 28.6 Å². The van der Waals surface area contributed by atoms with Crippen molar-refractivity contribution in [3.63, 3.8) is 0 Å². The van der Waals surface area contributed by atoms with E-state index in [1.165, 1.54) is 23.1 Å². The van der Waals surface area contributed by atoms with Crippen molar-refractivity contribution in [3.05, 3.63) is 66.0 Å². The van der Waals surface area contributed by atoms with Crippen LogP contribution in [0.3, 0.4) is 0 Å². The van der Waals surface area contributed by atoms with Crippen LogP contribution in [0.1, 0.15) is 32.8 Å². The van der Waals surface area contributed by atoms with E-state index < -0.39 is 34.3 Å². The van der Waals surface area contributed by atoms with Gasteiger partial charge in [0.2, 0.25) is 21.8 Å². The summed E-state index contributed by atoms with van der Waals surface area (Å²) in [5.74, 6) is -1.72. The first-order valence-electron chi connectivity index (χ1n) is 10.4. The number of nitrogens with zero attached hydrogens (tertiary/aromatic N) is 2. The molecule has 2 amide bonds. The Bertz CT molecular complexity index is 1030. The molecule has 0 saturated heterocycles. The molecule has 2 aromatic rings. The number of nitrogens with one attached hydrogen (secondary N) is 1. The highest BCUT2D eigenvalue weighted by atomic mass is 32.2. The zero-order valence-corrected chi connectivity index (χ0v) is 19.6. The molecule has 0 aliphatic heterocycles. The lowest BCUT2D eigenvalue weighted by atomic mass is 10.1. The van der Waals surface area contributed by atoms with Gasteiger partial charge < -0.3 is 10.2 Å². The lowest BCUT2D eigenvalue weighted by Gasteiger charge is -2.32. The first-order valence-corrected chi connectivity index (χ1v) is 12.3. The summed E-state index contributed by atoms with van der Waals surface area (Å²) in [6.07, 6.45) is 1.63. The average molecular weight is 464 g/mol. The Morgan fingerprint density at radius 1 is 1.03 bits per heavy atom. The monoisotopic (exact) mass is 463 g/mol. The minimum Gasteiger partial charge on any atom is -0.352 e. The maximum absolute atomic E-state index is 14.3. The van der Waals surface area contributed by atoms with Crippen LogP contribution in [-0.2, 0) is 26.2 Å². The van der Waals surface area contributed by atoms with Crippen molar-refractivity contribution in [3.8, 4) is 0 Å². The van der Waals surface area contributed by atoms with Gasteiger partial charge in [-0.25, -0.2) is 12.8 Å². The normalized spacial score (nSPS) is 13.2. The van der Waals surface area contributed by atoms with Crippen molar-refractivity contribution in [2.45, 2.75) is 45.8 Å². The number of halogens is 1. The highest BCUT2D eigenvalue weighted by Gasteiger charge is 2.31. The highest BCUT2D eigenvalue weighted by Crippen LogP contribution is 2.22. The summed E-state index contributed by atoms with van der Waals surface area (Å²) in [5.41, 5.74) is 0.556. The van der Waals surface area contributed by atoms with Crippen molar-refractivity contribution >= 4 is 27.5 Å². The van der Waals surface area contributed by atoms with Gasteiger partial charge in [0, 0.05) is 12.6 Å². The van der Waals surface area contributed by atoms with E-state index in [-0.39, 0.29) is 24.2 Å². The van der Waals surface area contributed by atoms with E-state index in [4.69, 9.17) is 0 Å². The fourth-order valence-corrected chi connectivity index (χ4v) is 3.93. The Kier molecular flexibility index (Phi) is 8.77. The number of hydrogen-bond acceptors (Lipinski definition) is 4. The summed E-state index contributed by atoms with van der Waals surface area (Å²) in [4.78, 5) is 27.4.